The fraction of sp³-hybridized carbons (Fsp3) is 0.455. The summed E-state index contributed by atoms with van der Waals surface area (Å²) >= 11 is 1.91. The largest absolute Gasteiger partial charge is 0.378 e. The highest BCUT2D eigenvalue weighted by Gasteiger charge is 2.24. The van der Waals surface area contributed by atoms with E-state index >= 15 is 0 Å². The van der Waals surface area contributed by atoms with Crippen molar-refractivity contribution < 1.29 is 0 Å². The second-order valence-electron chi connectivity index (χ2n) is 4.33. The molecule has 3 N–H and O–H groups in total. The van der Waals surface area contributed by atoms with Crippen molar-refractivity contribution in [2.75, 3.05) is 11.1 Å². The molecule has 1 aliphatic rings. The van der Waals surface area contributed by atoms with Gasteiger partial charge in [-0.15, -0.1) is 11.8 Å². The average molecular weight is 208 g/mol. The van der Waals surface area contributed by atoms with E-state index in [4.69, 9.17) is 5.73 Å². The summed E-state index contributed by atoms with van der Waals surface area (Å²) in [5, 5.41) is 3.53. The summed E-state index contributed by atoms with van der Waals surface area (Å²) in [6.07, 6.45) is 0. The second-order valence-corrected chi connectivity index (χ2v) is 5.35. The first-order valence-electron chi connectivity index (χ1n) is 4.85. The second kappa shape index (κ2) is 3.48. The first-order valence-corrected chi connectivity index (χ1v) is 5.83. The molecule has 0 bridgehead atoms. The molecule has 1 aromatic carbocycles. The highest BCUT2D eigenvalue weighted by molar-refractivity contribution is 7.99. The zero-order valence-electron chi connectivity index (χ0n) is 8.63. The number of anilines is 1. The van der Waals surface area contributed by atoms with E-state index in [1.807, 2.05) is 11.8 Å². The molecule has 2 rings (SSSR count). The molecule has 76 valence electrons. The lowest BCUT2D eigenvalue weighted by molar-refractivity contribution is 0.637. The normalized spacial score (nSPS) is 18.5. The van der Waals surface area contributed by atoms with Crippen LogP contribution in [0.1, 0.15) is 19.4 Å². The Morgan fingerprint density at radius 1 is 1.50 bits per heavy atom. The van der Waals surface area contributed by atoms with E-state index in [1.54, 1.807) is 0 Å². The highest BCUT2D eigenvalue weighted by Crippen LogP contribution is 2.37. The van der Waals surface area contributed by atoms with Gasteiger partial charge >= 0.3 is 0 Å². The molecule has 0 aliphatic carbocycles. The Morgan fingerprint density at radius 2 is 2.29 bits per heavy atom. The van der Waals surface area contributed by atoms with Crippen molar-refractivity contribution in [3.8, 4) is 0 Å². The third-order valence-electron chi connectivity index (χ3n) is 2.34. The summed E-state index contributed by atoms with van der Waals surface area (Å²) in [6, 6.07) is 6.40. The fourth-order valence-electron chi connectivity index (χ4n) is 1.58. The molecule has 3 heteroatoms. The molecule has 0 atom stereocenters. The Bertz CT molecular complexity index is 347. The van der Waals surface area contributed by atoms with Crippen LogP contribution in [0.2, 0.25) is 0 Å². The number of benzene rings is 1. The lowest BCUT2D eigenvalue weighted by Gasteiger charge is -2.33. The number of fused-ring (bicyclic) bond motifs is 1. The first-order chi connectivity index (χ1) is 6.61. The van der Waals surface area contributed by atoms with Gasteiger partial charge in [-0.1, -0.05) is 6.07 Å². The molecule has 1 aliphatic heterocycles. The van der Waals surface area contributed by atoms with Crippen molar-refractivity contribution in [1.29, 1.82) is 0 Å². The van der Waals surface area contributed by atoms with E-state index < -0.39 is 0 Å². The summed E-state index contributed by atoms with van der Waals surface area (Å²) in [6.45, 7) is 5.07. The van der Waals surface area contributed by atoms with E-state index in [2.05, 4.69) is 37.4 Å². The van der Waals surface area contributed by atoms with Crippen LogP contribution in [0, 0.1) is 0 Å². The van der Waals surface area contributed by atoms with Crippen LogP contribution in [-0.4, -0.2) is 11.3 Å². The molecule has 0 saturated carbocycles. The lowest BCUT2D eigenvalue weighted by atomic mass is 10.1. The fourth-order valence-corrected chi connectivity index (χ4v) is 2.67. The van der Waals surface area contributed by atoms with Crippen LogP contribution in [0.3, 0.4) is 0 Å². The molecule has 14 heavy (non-hydrogen) atoms. The summed E-state index contributed by atoms with van der Waals surface area (Å²) in [7, 11) is 0. The van der Waals surface area contributed by atoms with Crippen LogP contribution in [-0.2, 0) is 6.54 Å². The van der Waals surface area contributed by atoms with Crippen molar-refractivity contribution in [2.45, 2.75) is 30.8 Å². The standard InChI is InChI=1S/C11H16N2S/c1-11(2)7-14-10-5-8(6-12)3-4-9(10)13-11/h3-5,13H,6-7,12H2,1-2H3. The van der Waals surface area contributed by atoms with Gasteiger partial charge in [-0.2, -0.15) is 0 Å². The third kappa shape index (κ3) is 1.88. The summed E-state index contributed by atoms with van der Waals surface area (Å²) in [4.78, 5) is 1.33. The quantitative estimate of drug-likeness (QED) is 0.744. The molecule has 1 aromatic rings. The van der Waals surface area contributed by atoms with Crippen molar-refractivity contribution in [1.82, 2.24) is 0 Å². The zero-order valence-corrected chi connectivity index (χ0v) is 9.45. The number of hydrogen-bond acceptors (Lipinski definition) is 3. The minimum atomic E-state index is 0.196. The Hall–Kier alpha value is -0.670. The molecule has 0 amide bonds. The van der Waals surface area contributed by atoms with Gasteiger partial charge in [0.15, 0.2) is 0 Å². The highest BCUT2D eigenvalue weighted by atomic mass is 32.2. The minimum absolute atomic E-state index is 0.196. The summed E-state index contributed by atoms with van der Waals surface area (Å²) in [5.41, 5.74) is 8.25. The predicted molar refractivity (Wildman–Crippen MR) is 62.8 cm³/mol. The molecule has 0 aromatic heterocycles. The van der Waals surface area contributed by atoms with E-state index in [0.717, 1.165) is 5.75 Å². The number of hydrogen-bond donors (Lipinski definition) is 2. The lowest BCUT2D eigenvalue weighted by Crippen LogP contribution is -2.36. The maximum absolute atomic E-state index is 5.61. The van der Waals surface area contributed by atoms with Crippen LogP contribution in [0.4, 0.5) is 5.69 Å². The molecule has 0 radical (unpaired) electrons. The topological polar surface area (TPSA) is 38.0 Å². The van der Waals surface area contributed by atoms with E-state index in [1.165, 1.54) is 16.1 Å². The molecular formula is C11H16N2S. The van der Waals surface area contributed by atoms with Crippen molar-refractivity contribution in [3.63, 3.8) is 0 Å². The zero-order chi connectivity index (χ0) is 10.2. The van der Waals surface area contributed by atoms with Gasteiger partial charge in [0.2, 0.25) is 0 Å². The van der Waals surface area contributed by atoms with E-state index in [9.17, 15) is 0 Å². The molecule has 0 fully saturated rings. The summed E-state index contributed by atoms with van der Waals surface area (Å²) in [5.74, 6) is 1.11. The van der Waals surface area contributed by atoms with Gasteiger partial charge in [-0.25, -0.2) is 0 Å². The number of nitrogens with one attached hydrogen (secondary N) is 1. The molecule has 1 heterocycles. The number of thioether (sulfide) groups is 1. The maximum Gasteiger partial charge on any atom is 0.0482 e. The smallest absolute Gasteiger partial charge is 0.0482 e. The Labute approximate surface area is 89.3 Å². The molecule has 0 saturated heterocycles. The van der Waals surface area contributed by atoms with Gasteiger partial charge in [-0.3, -0.25) is 0 Å². The molecule has 0 unspecified atom stereocenters. The van der Waals surface area contributed by atoms with Gasteiger partial charge in [-0.05, 0) is 31.5 Å². The minimum Gasteiger partial charge on any atom is -0.378 e. The van der Waals surface area contributed by atoms with Crippen LogP contribution < -0.4 is 11.1 Å². The van der Waals surface area contributed by atoms with Gasteiger partial charge in [0.1, 0.15) is 0 Å². The van der Waals surface area contributed by atoms with Gasteiger partial charge in [0.25, 0.3) is 0 Å². The number of nitrogens with two attached hydrogens (primary N) is 1. The molecule has 2 nitrogen and oxygen atoms in total. The van der Waals surface area contributed by atoms with Crippen LogP contribution >= 0.6 is 11.8 Å². The van der Waals surface area contributed by atoms with Gasteiger partial charge in [0.05, 0.1) is 0 Å². The van der Waals surface area contributed by atoms with Crippen molar-refractivity contribution >= 4 is 17.4 Å². The maximum atomic E-state index is 5.61. The van der Waals surface area contributed by atoms with Crippen molar-refractivity contribution in [3.05, 3.63) is 23.8 Å². The van der Waals surface area contributed by atoms with Crippen LogP contribution in [0.25, 0.3) is 0 Å². The van der Waals surface area contributed by atoms with Gasteiger partial charge < -0.3 is 11.1 Å². The predicted octanol–water partition coefficient (Wildman–Crippen LogP) is 2.44. The average Bonchev–Trinajstić information content (AvgIpc) is 2.16. The third-order valence-corrected chi connectivity index (χ3v) is 3.86. The Morgan fingerprint density at radius 3 is 3.00 bits per heavy atom. The van der Waals surface area contributed by atoms with Crippen LogP contribution in [0.15, 0.2) is 23.1 Å². The number of rotatable bonds is 1. The van der Waals surface area contributed by atoms with E-state index in [-0.39, 0.29) is 5.54 Å². The SMILES string of the molecule is CC1(C)CSc2cc(CN)ccc2N1. The van der Waals surface area contributed by atoms with Gasteiger partial charge in [0, 0.05) is 28.4 Å². The monoisotopic (exact) mass is 208 g/mol. The Kier molecular flexibility index (Phi) is 2.45. The first kappa shape index (κ1) is 9.87. The molecule has 0 spiro atoms. The Balaban J connectivity index is 2.32. The van der Waals surface area contributed by atoms with Crippen LogP contribution in [0.5, 0.6) is 0 Å². The van der Waals surface area contributed by atoms with E-state index in [0.29, 0.717) is 6.54 Å². The van der Waals surface area contributed by atoms with Crippen molar-refractivity contribution in [2.24, 2.45) is 5.73 Å². The summed E-state index contributed by atoms with van der Waals surface area (Å²) < 4.78 is 0. The molecular weight excluding hydrogens is 192 g/mol.